The SMILES string of the molecule is CCN(CC(=O)Nc1ccc2c(c1)OCCO2)C(=O)C1CCNC1. The Morgan fingerprint density at radius 2 is 2.08 bits per heavy atom. The highest BCUT2D eigenvalue weighted by molar-refractivity contribution is 5.95. The summed E-state index contributed by atoms with van der Waals surface area (Å²) in [4.78, 5) is 26.3. The van der Waals surface area contributed by atoms with Crippen LogP contribution < -0.4 is 20.1 Å². The van der Waals surface area contributed by atoms with E-state index in [0.29, 0.717) is 43.5 Å². The monoisotopic (exact) mass is 333 g/mol. The van der Waals surface area contributed by atoms with Gasteiger partial charge in [0.25, 0.3) is 0 Å². The molecule has 0 radical (unpaired) electrons. The molecule has 3 rings (SSSR count). The third kappa shape index (κ3) is 3.79. The van der Waals surface area contributed by atoms with Gasteiger partial charge in [0.15, 0.2) is 11.5 Å². The molecule has 1 atom stereocenters. The number of likely N-dealkylation sites (N-methyl/N-ethyl adjacent to an activating group) is 1. The molecule has 2 aliphatic rings. The molecule has 0 spiro atoms. The van der Waals surface area contributed by atoms with Crippen LogP contribution >= 0.6 is 0 Å². The third-order valence-electron chi connectivity index (χ3n) is 4.26. The second-order valence-corrected chi connectivity index (χ2v) is 5.95. The van der Waals surface area contributed by atoms with Crippen molar-refractivity contribution in [2.24, 2.45) is 5.92 Å². The van der Waals surface area contributed by atoms with Crippen molar-refractivity contribution < 1.29 is 19.1 Å². The van der Waals surface area contributed by atoms with Gasteiger partial charge in [-0.2, -0.15) is 0 Å². The topological polar surface area (TPSA) is 79.9 Å². The average molecular weight is 333 g/mol. The van der Waals surface area contributed by atoms with E-state index in [0.717, 1.165) is 13.0 Å². The van der Waals surface area contributed by atoms with E-state index in [2.05, 4.69) is 10.6 Å². The lowest BCUT2D eigenvalue weighted by Gasteiger charge is -2.23. The molecule has 2 amide bonds. The summed E-state index contributed by atoms with van der Waals surface area (Å²) in [6.45, 7) is 5.04. The number of ether oxygens (including phenoxy) is 2. The number of hydrogen-bond acceptors (Lipinski definition) is 5. The minimum Gasteiger partial charge on any atom is -0.486 e. The van der Waals surface area contributed by atoms with E-state index in [1.54, 1.807) is 23.1 Å². The van der Waals surface area contributed by atoms with Crippen LogP contribution in [0.1, 0.15) is 13.3 Å². The van der Waals surface area contributed by atoms with Gasteiger partial charge in [-0.3, -0.25) is 9.59 Å². The number of rotatable bonds is 5. The van der Waals surface area contributed by atoms with Crippen LogP contribution in [0, 0.1) is 5.92 Å². The largest absolute Gasteiger partial charge is 0.486 e. The van der Waals surface area contributed by atoms with Gasteiger partial charge in [-0.25, -0.2) is 0 Å². The molecular formula is C17H23N3O4. The molecule has 1 fully saturated rings. The summed E-state index contributed by atoms with van der Waals surface area (Å²) in [5.41, 5.74) is 0.635. The van der Waals surface area contributed by atoms with E-state index in [4.69, 9.17) is 9.47 Å². The van der Waals surface area contributed by atoms with E-state index < -0.39 is 0 Å². The highest BCUT2D eigenvalue weighted by Gasteiger charge is 2.27. The lowest BCUT2D eigenvalue weighted by molar-refractivity contribution is -0.137. The van der Waals surface area contributed by atoms with Gasteiger partial charge < -0.3 is 25.0 Å². The second kappa shape index (κ2) is 7.53. The normalized spacial score (nSPS) is 19.0. The molecule has 0 aromatic heterocycles. The molecule has 0 bridgehead atoms. The summed E-state index contributed by atoms with van der Waals surface area (Å²) >= 11 is 0. The fraction of sp³-hybridized carbons (Fsp3) is 0.529. The summed E-state index contributed by atoms with van der Waals surface area (Å²) in [5.74, 6) is 1.11. The zero-order chi connectivity index (χ0) is 16.9. The number of carbonyl (C=O) groups is 2. The van der Waals surface area contributed by atoms with Crippen molar-refractivity contribution in [1.82, 2.24) is 10.2 Å². The van der Waals surface area contributed by atoms with Crippen LogP contribution in [0.15, 0.2) is 18.2 Å². The first-order valence-electron chi connectivity index (χ1n) is 8.36. The Hall–Kier alpha value is -2.28. The van der Waals surface area contributed by atoms with Crippen LogP contribution in [0.25, 0.3) is 0 Å². The van der Waals surface area contributed by atoms with Crippen molar-refractivity contribution in [1.29, 1.82) is 0 Å². The van der Waals surface area contributed by atoms with Crippen molar-refractivity contribution in [2.75, 3.05) is 44.7 Å². The quantitative estimate of drug-likeness (QED) is 0.835. The van der Waals surface area contributed by atoms with Gasteiger partial charge in [0, 0.05) is 24.8 Å². The Kier molecular flexibility index (Phi) is 5.20. The molecular weight excluding hydrogens is 310 g/mol. The summed E-state index contributed by atoms with van der Waals surface area (Å²) in [6, 6.07) is 5.28. The van der Waals surface area contributed by atoms with Crippen molar-refractivity contribution in [3.05, 3.63) is 18.2 Å². The van der Waals surface area contributed by atoms with Gasteiger partial charge in [0.2, 0.25) is 11.8 Å². The van der Waals surface area contributed by atoms with Gasteiger partial charge >= 0.3 is 0 Å². The number of carbonyl (C=O) groups excluding carboxylic acids is 2. The maximum Gasteiger partial charge on any atom is 0.243 e. The minimum atomic E-state index is -0.215. The molecule has 1 unspecified atom stereocenters. The van der Waals surface area contributed by atoms with Crippen LogP contribution in [0.2, 0.25) is 0 Å². The van der Waals surface area contributed by atoms with Gasteiger partial charge in [0.05, 0.1) is 12.5 Å². The number of fused-ring (bicyclic) bond motifs is 1. The summed E-state index contributed by atoms with van der Waals surface area (Å²) in [5, 5.41) is 6.00. The number of benzene rings is 1. The second-order valence-electron chi connectivity index (χ2n) is 5.95. The highest BCUT2D eigenvalue weighted by Crippen LogP contribution is 2.32. The molecule has 2 heterocycles. The Morgan fingerprint density at radius 3 is 2.79 bits per heavy atom. The van der Waals surface area contributed by atoms with E-state index in [1.807, 2.05) is 6.92 Å². The average Bonchev–Trinajstić information content (AvgIpc) is 3.13. The molecule has 0 saturated carbocycles. The first kappa shape index (κ1) is 16.6. The number of anilines is 1. The highest BCUT2D eigenvalue weighted by atomic mass is 16.6. The van der Waals surface area contributed by atoms with Crippen molar-refractivity contribution in [3.63, 3.8) is 0 Å². The Bertz CT molecular complexity index is 614. The number of hydrogen-bond donors (Lipinski definition) is 2. The molecule has 7 heteroatoms. The zero-order valence-corrected chi connectivity index (χ0v) is 13.8. The third-order valence-corrected chi connectivity index (χ3v) is 4.26. The molecule has 2 aliphatic heterocycles. The molecule has 0 aliphatic carbocycles. The summed E-state index contributed by atoms with van der Waals surface area (Å²) < 4.78 is 11.0. The minimum absolute atomic E-state index is 0.0213. The maximum absolute atomic E-state index is 12.4. The lowest BCUT2D eigenvalue weighted by Crippen LogP contribution is -2.41. The fourth-order valence-electron chi connectivity index (χ4n) is 2.96. The summed E-state index contributed by atoms with van der Waals surface area (Å²) in [6.07, 6.45) is 0.832. The predicted molar refractivity (Wildman–Crippen MR) is 89.3 cm³/mol. The molecule has 7 nitrogen and oxygen atoms in total. The summed E-state index contributed by atoms with van der Waals surface area (Å²) in [7, 11) is 0. The maximum atomic E-state index is 12.4. The molecule has 1 saturated heterocycles. The Morgan fingerprint density at radius 1 is 1.29 bits per heavy atom. The van der Waals surface area contributed by atoms with Crippen LogP contribution in [0.4, 0.5) is 5.69 Å². The van der Waals surface area contributed by atoms with Crippen molar-refractivity contribution in [2.45, 2.75) is 13.3 Å². The van der Waals surface area contributed by atoms with Gasteiger partial charge in [-0.15, -0.1) is 0 Å². The molecule has 2 N–H and O–H groups in total. The standard InChI is InChI=1S/C17H23N3O4/c1-2-20(17(22)12-5-6-18-10-12)11-16(21)19-13-3-4-14-15(9-13)24-8-7-23-14/h3-4,9,12,18H,2,5-8,10-11H2,1H3,(H,19,21). The lowest BCUT2D eigenvalue weighted by atomic mass is 10.1. The number of nitrogens with zero attached hydrogens (tertiary/aromatic N) is 1. The van der Waals surface area contributed by atoms with Gasteiger partial charge in [-0.1, -0.05) is 0 Å². The predicted octanol–water partition coefficient (Wildman–Crippen LogP) is 0.854. The first-order chi connectivity index (χ1) is 11.7. The Labute approximate surface area is 141 Å². The van der Waals surface area contributed by atoms with Crippen LogP contribution in [0.3, 0.4) is 0 Å². The van der Waals surface area contributed by atoms with Crippen LogP contribution in [-0.2, 0) is 9.59 Å². The number of amides is 2. The molecule has 24 heavy (non-hydrogen) atoms. The molecule has 1 aromatic carbocycles. The van der Waals surface area contributed by atoms with Crippen LogP contribution in [0.5, 0.6) is 11.5 Å². The number of nitrogens with one attached hydrogen (secondary N) is 2. The van der Waals surface area contributed by atoms with Crippen LogP contribution in [-0.4, -0.2) is 56.1 Å². The molecule has 1 aromatic rings. The van der Waals surface area contributed by atoms with E-state index in [1.165, 1.54) is 0 Å². The first-order valence-corrected chi connectivity index (χ1v) is 8.36. The van der Waals surface area contributed by atoms with Gasteiger partial charge in [0.1, 0.15) is 13.2 Å². The Balaban J connectivity index is 1.58. The van der Waals surface area contributed by atoms with Gasteiger partial charge in [-0.05, 0) is 32.0 Å². The molecule has 130 valence electrons. The smallest absolute Gasteiger partial charge is 0.243 e. The van der Waals surface area contributed by atoms with E-state index in [9.17, 15) is 9.59 Å². The van der Waals surface area contributed by atoms with Crippen molar-refractivity contribution >= 4 is 17.5 Å². The van der Waals surface area contributed by atoms with E-state index >= 15 is 0 Å². The fourth-order valence-corrected chi connectivity index (χ4v) is 2.96. The zero-order valence-electron chi connectivity index (χ0n) is 13.8. The van der Waals surface area contributed by atoms with Crippen molar-refractivity contribution in [3.8, 4) is 11.5 Å². The van der Waals surface area contributed by atoms with E-state index in [-0.39, 0.29) is 24.3 Å².